The molecule has 3 atom stereocenters. The molecule has 50 heavy (non-hydrogen) atoms. The normalized spacial score (nSPS) is 20.1. The van der Waals surface area contributed by atoms with Crippen molar-refractivity contribution >= 4 is 32.9 Å². The highest BCUT2D eigenvalue weighted by atomic mass is 32.1. The van der Waals surface area contributed by atoms with Crippen molar-refractivity contribution in [2.75, 3.05) is 49.2 Å². The second-order valence-corrected chi connectivity index (χ2v) is 14.1. The fraction of sp³-hybridized carbons (Fsp3) is 0.378. The summed E-state index contributed by atoms with van der Waals surface area (Å²) >= 11 is 1.64. The number of piperazine rings is 1. The third-order valence-corrected chi connectivity index (χ3v) is 10.9. The maximum absolute atomic E-state index is 12.8. The molecule has 0 N–H and O–H groups in total. The van der Waals surface area contributed by atoms with Gasteiger partial charge in [0.25, 0.3) is 0 Å². The van der Waals surface area contributed by atoms with Crippen molar-refractivity contribution in [3.8, 4) is 11.4 Å². The first kappa shape index (κ1) is 32.2. The molecule has 13 heteroatoms. The Morgan fingerprint density at radius 2 is 1.60 bits per heavy atom. The van der Waals surface area contributed by atoms with Gasteiger partial charge in [-0.3, -0.25) is 0 Å². The van der Waals surface area contributed by atoms with Crippen LogP contribution in [0.1, 0.15) is 38.3 Å². The van der Waals surface area contributed by atoms with E-state index < -0.39 is 5.60 Å². The van der Waals surface area contributed by atoms with E-state index in [-0.39, 0.29) is 17.6 Å². The Hall–Kier alpha value is -5.01. The Morgan fingerprint density at radius 3 is 2.30 bits per heavy atom. The van der Waals surface area contributed by atoms with E-state index in [0.29, 0.717) is 19.8 Å². The Labute approximate surface area is 294 Å². The lowest BCUT2D eigenvalue weighted by molar-refractivity contribution is -0.0208. The molecule has 0 saturated carbocycles. The minimum Gasteiger partial charge on any atom is -0.493 e. The summed E-state index contributed by atoms with van der Waals surface area (Å²) in [6.07, 6.45) is 6.69. The van der Waals surface area contributed by atoms with E-state index in [1.807, 2.05) is 24.6 Å². The average molecular weight is 692 g/mol. The molecular formula is C37H41N9O3S. The number of hydrogen-bond donors (Lipinski definition) is 0. The highest BCUT2D eigenvalue weighted by Gasteiger charge is 2.43. The molecule has 8 rings (SSSR count). The molecule has 2 aliphatic heterocycles. The molecule has 0 amide bonds. The van der Waals surface area contributed by atoms with Gasteiger partial charge in [-0.25, -0.2) is 19.0 Å². The molecule has 258 valence electrons. The molecule has 2 fully saturated rings. The number of rotatable bonds is 11. The molecule has 3 aromatic carbocycles. The van der Waals surface area contributed by atoms with Crippen LogP contribution in [-0.2, 0) is 16.9 Å². The predicted molar refractivity (Wildman–Crippen MR) is 195 cm³/mol. The Morgan fingerprint density at radius 1 is 0.920 bits per heavy atom. The zero-order chi connectivity index (χ0) is 34.1. The van der Waals surface area contributed by atoms with Gasteiger partial charge in [-0.15, -0.1) is 11.3 Å². The van der Waals surface area contributed by atoms with Crippen LogP contribution in [0.4, 0.5) is 11.4 Å². The first-order chi connectivity index (χ1) is 24.5. The molecule has 0 radical (unpaired) electrons. The SMILES string of the molecule is CCC(C)n1ncn(-c2ccc(N3CCN(c4ccc(OCC5COC(Cn6nccn6)(c6ccc7ncsc7c6)C5)cc4)CC3)cc2)c1=O. The molecule has 6 aromatic rings. The summed E-state index contributed by atoms with van der Waals surface area (Å²) in [5, 5.41) is 13.1. The number of thiazole rings is 1. The summed E-state index contributed by atoms with van der Waals surface area (Å²) in [5.74, 6) is 1.09. The van der Waals surface area contributed by atoms with Crippen LogP contribution < -0.4 is 20.2 Å². The van der Waals surface area contributed by atoms with Crippen LogP contribution in [0.15, 0.2) is 95.8 Å². The van der Waals surface area contributed by atoms with Crippen LogP contribution in [0.5, 0.6) is 5.75 Å². The summed E-state index contributed by atoms with van der Waals surface area (Å²) in [4.78, 5) is 23.8. The van der Waals surface area contributed by atoms with Gasteiger partial charge in [-0.2, -0.15) is 20.1 Å². The van der Waals surface area contributed by atoms with Gasteiger partial charge in [0.05, 0.1) is 59.6 Å². The van der Waals surface area contributed by atoms with E-state index in [4.69, 9.17) is 9.47 Å². The zero-order valence-electron chi connectivity index (χ0n) is 28.3. The molecule has 3 unspecified atom stereocenters. The molecule has 0 spiro atoms. The average Bonchev–Trinajstić information content (AvgIpc) is 3.99. The first-order valence-corrected chi connectivity index (χ1v) is 18.2. The zero-order valence-corrected chi connectivity index (χ0v) is 29.2. The Balaban J connectivity index is 0.855. The van der Waals surface area contributed by atoms with E-state index in [2.05, 4.69) is 91.6 Å². The fourth-order valence-electron chi connectivity index (χ4n) is 7.05. The standard InChI is InChI=1S/C37H41N9O3S/c1-3-27(2)46-36(47)44(25-41-46)32-7-5-30(6-8-32)42-16-18-43(19-17-42)31-9-11-33(12-10-31)48-22-28-21-37(49-23-28,24-45-39-14-15-40-45)29-4-13-34-35(20-29)50-26-38-34/h4-15,20,25-28H,3,16-19,21-24H2,1-2H3. The van der Waals surface area contributed by atoms with Crippen LogP contribution in [0.2, 0.25) is 0 Å². The molecule has 3 aromatic heterocycles. The van der Waals surface area contributed by atoms with Crippen molar-refractivity contribution < 1.29 is 9.47 Å². The summed E-state index contributed by atoms with van der Waals surface area (Å²) in [5.41, 5.74) is 6.55. The van der Waals surface area contributed by atoms with E-state index in [9.17, 15) is 4.79 Å². The lowest BCUT2D eigenvalue weighted by atomic mass is 9.87. The van der Waals surface area contributed by atoms with Crippen molar-refractivity contribution in [3.63, 3.8) is 0 Å². The highest BCUT2D eigenvalue weighted by Crippen LogP contribution is 2.42. The van der Waals surface area contributed by atoms with E-state index >= 15 is 0 Å². The van der Waals surface area contributed by atoms with Gasteiger partial charge in [0.15, 0.2) is 0 Å². The number of anilines is 2. The van der Waals surface area contributed by atoms with Crippen LogP contribution in [0.3, 0.4) is 0 Å². The summed E-state index contributed by atoms with van der Waals surface area (Å²) in [6, 6.07) is 23.1. The largest absolute Gasteiger partial charge is 0.493 e. The van der Waals surface area contributed by atoms with Crippen LogP contribution >= 0.6 is 11.3 Å². The third-order valence-electron chi connectivity index (χ3n) is 10.1. The third kappa shape index (κ3) is 6.38. The lowest BCUT2D eigenvalue weighted by Gasteiger charge is -2.37. The highest BCUT2D eigenvalue weighted by molar-refractivity contribution is 7.16. The maximum Gasteiger partial charge on any atom is 0.350 e. The van der Waals surface area contributed by atoms with Crippen molar-refractivity contribution in [3.05, 3.63) is 107 Å². The Bertz CT molecular complexity index is 2080. The number of hydrogen-bond acceptors (Lipinski definition) is 10. The number of aromatic nitrogens is 7. The first-order valence-electron chi connectivity index (χ1n) is 17.3. The molecule has 2 saturated heterocycles. The van der Waals surface area contributed by atoms with E-state index in [0.717, 1.165) is 71.9 Å². The van der Waals surface area contributed by atoms with Gasteiger partial charge in [0, 0.05) is 43.5 Å². The van der Waals surface area contributed by atoms with E-state index in [1.165, 1.54) is 5.69 Å². The Kier molecular flexibility index (Phi) is 8.84. The summed E-state index contributed by atoms with van der Waals surface area (Å²) in [7, 11) is 0. The number of ether oxygens (including phenoxy) is 2. The van der Waals surface area contributed by atoms with Gasteiger partial charge in [0.2, 0.25) is 0 Å². The van der Waals surface area contributed by atoms with Crippen molar-refractivity contribution in [1.82, 2.24) is 34.3 Å². The van der Waals surface area contributed by atoms with Gasteiger partial charge >= 0.3 is 5.69 Å². The molecule has 2 aliphatic rings. The van der Waals surface area contributed by atoms with Crippen molar-refractivity contribution in [1.29, 1.82) is 0 Å². The van der Waals surface area contributed by atoms with E-state index in [1.54, 1.807) is 44.1 Å². The molecule has 0 aliphatic carbocycles. The summed E-state index contributed by atoms with van der Waals surface area (Å²) in [6.45, 7) is 9.45. The lowest BCUT2D eigenvalue weighted by Crippen LogP contribution is -2.46. The van der Waals surface area contributed by atoms with Gasteiger partial charge in [-0.05, 0) is 86.0 Å². The molecule has 5 heterocycles. The van der Waals surface area contributed by atoms with Gasteiger partial charge < -0.3 is 19.3 Å². The monoisotopic (exact) mass is 691 g/mol. The van der Waals surface area contributed by atoms with Crippen molar-refractivity contribution in [2.45, 2.75) is 44.9 Å². The second kappa shape index (κ2) is 13.7. The fourth-order valence-corrected chi connectivity index (χ4v) is 7.76. The van der Waals surface area contributed by atoms with Crippen LogP contribution in [0.25, 0.3) is 15.9 Å². The molecule has 12 nitrogen and oxygen atoms in total. The minimum atomic E-state index is -0.532. The smallest absolute Gasteiger partial charge is 0.350 e. The minimum absolute atomic E-state index is 0.0740. The van der Waals surface area contributed by atoms with Gasteiger partial charge in [0.1, 0.15) is 17.7 Å². The molecular weight excluding hydrogens is 651 g/mol. The topological polar surface area (TPSA) is 108 Å². The molecule has 0 bridgehead atoms. The van der Waals surface area contributed by atoms with Crippen LogP contribution in [0, 0.1) is 5.92 Å². The second-order valence-electron chi connectivity index (χ2n) is 13.3. The quantitative estimate of drug-likeness (QED) is 0.173. The van der Waals surface area contributed by atoms with Gasteiger partial charge in [-0.1, -0.05) is 13.0 Å². The van der Waals surface area contributed by atoms with Crippen LogP contribution in [-0.4, -0.2) is 73.7 Å². The number of benzene rings is 3. The number of nitrogens with zero attached hydrogens (tertiary/aromatic N) is 9. The predicted octanol–water partition coefficient (Wildman–Crippen LogP) is 5.54. The summed E-state index contributed by atoms with van der Waals surface area (Å²) < 4.78 is 17.2. The maximum atomic E-state index is 12.8. The number of fused-ring (bicyclic) bond motifs is 1. The van der Waals surface area contributed by atoms with Crippen molar-refractivity contribution in [2.24, 2.45) is 5.92 Å².